The van der Waals surface area contributed by atoms with Crippen LogP contribution < -0.4 is 10.5 Å². The Morgan fingerprint density at radius 1 is 1.43 bits per heavy atom. The number of nitrogens with one attached hydrogen (secondary N) is 1. The molecule has 2 heterocycles. The van der Waals surface area contributed by atoms with E-state index in [1.165, 1.54) is 6.07 Å². The maximum Gasteiger partial charge on any atom is 0.247 e. The first kappa shape index (κ1) is 16.4. The van der Waals surface area contributed by atoms with Crippen LogP contribution in [-0.4, -0.2) is 34.1 Å². The lowest BCUT2D eigenvalue weighted by Crippen LogP contribution is -2.39. The van der Waals surface area contributed by atoms with Gasteiger partial charge in [-0.2, -0.15) is 0 Å². The van der Waals surface area contributed by atoms with Crippen LogP contribution in [0.25, 0.3) is 0 Å². The average molecular weight is 332 g/mol. The molecule has 1 aromatic heterocycles. The summed E-state index contributed by atoms with van der Waals surface area (Å²) < 4.78 is 27.8. The molecule has 1 aromatic rings. The van der Waals surface area contributed by atoms with Crippen molar-refractivity contribution in [3.05, 3.63) is 17.0 Å². The number of sulfonamides is 1. The summed E-state index contributed by atoms with van der Waals surface area (Å²) in [5.41, 5.74) is 0.0785. The van der Waals surface area contributed by atoms with Gasteiger partial charge in [0.1, 0.15) is 4.21 Å². The van der Waals surface area contributed by atoms with Crippen LogP contribution in [0.4, 0.5) is 0 Å². The van der Waals surface area contributed by atoms with E-state index in [9.17, 15) is 13.2 Å². The van der Waals surface area contributed by atoms with Crippen LogP contribution in [-0.2, 0) is 26.0 Å². The topological polar surface area (TPSA) is 98.5 Å². The first-order valence-electron chi connectivity index (χ1n) is 6.74. The molecule has 0 spiro atoms. The van der Waals surface area contributed by atoms with Gasteiger partial charge < -0.3 is 10.1 Å². The minimum Gasteiger partial charge on any atom is -0.381 e. The van der Waals surface area contributed by atoms with E-state index < -0.39 is 10.0 Å². The van der Waals surface area contributed by atoms with E-state index in [1.807, 2.05) is 0 Å². The third-order valence-electron chi connectivity index (χ3n) is 3.66. The lowest BCUT2D eigenvalue weighted by molar-refractivity contribution is -0.121. The molecule has 118 valence electrons. The van der Waals surface area contributed by atoms with Gasteiger partial charge in [-0.25, -0.2) is 13.6 Å². The summed E-state index contributed by atoms with van der Waals surface area (Å²) in [7, 11) is -3.68. The second-order valence-corrected chi connectivity index (χ2v) is 8.60. The number of nitrogens with two attached hydrogens (primary N) is 1. The van der Waals surface area contributed by atoms with Crippen LogP contribution >= 0.6 is 11.3 Å². The Bertz CT molecular complexity index is 603. The van der Waals surface area contributed by atoms with Crippen molar-refractivity contribution in [2.75, 3.05) is 19.8 Å². The van der Waals surface area contributed by atoms with E-state index in [1.54, 1.807) is 6.07 Å². The highest BCUT2D eigenvalue weighted by molar-refractivity contribution is 7.91. The van der Waals surface area contributed by atoms with Crippen LogP contribution in [0, 0.1) is 5.41 Å². The fourth-order valence-electron chi connectivity index (χ4n) is 2.18. The molecule has 1 aliphatic heterocycles. The van der Waals surface area contributed by atoms with Gasteiger partial charge in [-0.3, -0.25) is 4.79 Å². The number of primary sulfonamides is 1. The summed E-state index contributed by atoms with van der Waals surface area (Å²) in [6.07, 6.45) is 2.04. The standard InChI is InChI=1S/C13H20N2O4S2/c1-13(4-6-19-7-5-13)9-15-11(16)8-10-2-3-12(20-10)21(14,17)18/h2-3H,4-9H2,1H3,(H,15,16)(H2,14,17,18). The van der Waals surface area contributed by atoms with Crippen molar-refractivity contribution >= 4 is 27.3 Å². The lowest BCUT2D eigenvalue weighted by atomic mass is 9.82. The Morgan fingerprint density at radius 2 is 2.10 bits per heavy atom. The normalized spacial score (nSPS) is 18.4. The molecule has 0 unspecified atom stereocenters. The Hall–Kier alpha value is -0.960. The van der Waals surface area contributed by atoms with Gasteiger partial charge in [-0.1, -0.05) is 6.92 Å². The van der Waals surface area contributed by atoms with Crippen molar-refractivity contribution in [1.29, 1.82) is 0 Å². The minimum absolute atomic E-state index is 0.0785. The monoisotopic (exact) mass is 332 g/mol. The summed E-state index contributed by atoms with van der Waals surface area (Å²) in [5.74, 6) is -0.106. The zero-order valence-corrected chi connectivity index (χ0v) is 13.6. The van der Waals surface area contributed by atoms with Crippen LogP contribution in [0.15, 0.2) is 16.3 Å². The predicted octanol–water partition coefficient (Wildman–Crippen LogP) is 0.871. The van der Waals surface area contributed by atoms with Crippen molar-refractivity contribution in [2.24, 2.45) is 10.6 Å². The highest BCUT2D eigenvalue weighted by Gasteiger charge is 2.27. The largest absolute Gasteiger partial charge is 0.381 e. The molecule has 0 saturated carbocycles. The molecule has 0 aliphatic carbocycles. The zero-order chi connectivity index (χ0) is 15.5. The third kappa shape index (κ3) is 4.77. The molecule has 0 atom stereocenters. The van der Waals surface area contributed by atoms with Crippen LogP contribution in [0.1, 0.15) is 24.6 Å². The summed E-state index contributed by atoms with van der Waals surface area (Å²) >= 11 is 1.03. The zero-order valence-electron chi connectivity index (χ0n) is 11.9. The van der Waals surface area contributed by atoms with E-state index >= 15 is 0 Å². The molecule has 0 aromatic carbocycles. The van der Waals surface area contributed by atoms with Crippen molar-refractivity contribution in [3.63, 3.8) is 0 Å². The van der Waals surface area contributed by atoms with E-state index in [4.69, 9.17) is 9.88 Å². The smallest absolute Gasteiger partial charge is 0.247 e. The first-order valence-corrected chi connectivity index (χ1v) is 9.11. The molecule has 2 rings (SSSR count). The predicted molar refractivity (Wildman–Crippen MR) is 80.6 cm³/mol. The Kier molecular flexibility index (Phi) is 5.03. The third-order valence-corrected chi connectivity index (χ3v) is 6.19. The SMILES string of the molecule is CC1(CNC(=O)Cc2ccc(S(N)(=O)=O)s2)CCOCC1. The summed E-state index contributed by atoms with van der Waals surface area (Å²) in [6.45, 7) is 4.21. The van der Waals surface area contributed by atoms with Gasteiger partial charge >= 0.3 is 0 Å². The number of ether oxygens (including phenoxy) is 1. The van der Waals surface area contributed by atoms with Gasteiger partial charge in [0.15, 0.2) is 0 Å². The fraction of sp³-hybridized carbons (Fsp3) is 0.615. The molecule has 1 aliphatic rings. The van der Waals surface area contributed by atoms with E-state index in [2.05, 4.69) is 12.2 Å². The molecule has 6 nitrogen and oxygen atoms in total. The Morgan fingerprint density at radius 3 is 2.67 bits per heavy atom. The summed E-state index contributed by atoms with van der Waals surface area (Å²) in [6, 6.07) is 3.06. The van der Waals surface area contributed by atoms with Gasteiger partial charge in [0, 0.05) is 24.6 Å². The second-order valence-electron chi connectivity index (χ2n) is 5.64. The number of thiophene rings is 1. The molecular weight excluding hydrogens is 312 g/mol. The summed E-state index contributed by atoms with van der Waals surface area (Å²) in [4.78, 5) is 12.6. The fourth-order valence-corrected chi connectivity index (χ4v) is 3.96. The summed E-state index contributed by atoms with van der Waals surface area (Å²) in [5, 5.41) is 7.97. The molecule has 0 bridgehead atoms. The highest BCUT2D eigenvalue weighted by Crippen LogP contribution is 2.28. The van der Waals surface area contributed by atoms with Crippen LogP contribution in [0.3, 0.4) is 0 Å². The van der Waals surface area contributed by atoms with Crippen LogP contribution in [0.5, 0.6) is 0 Å². The number of hydrogen-bond donors (Lipinski definition) is 2. The molecular formula is C13H20N2O4S2. The molecule has 1 saturated heterocycles. The van der Waals surface area contributed by atoms with Crippen molar-refractivity contribution in [3.8, 4) is 0 Å². The molecule has 3 N–H and O–H groups in total. The number of hydrogen-bond acceptors (Lipinski definition) is 5. The van der Waals surface area contributed by atoms with Gasteiger partial charge in [-0.05, 0) is 30.4 Å². The highest BCUT2D eigenvalue weighted by atomic mass is 32.2. The maximum absolute atomic E-state index is 11.9. The number of carbonyl (C=O) groups is 1. The quantitative estimate of drug-likeness (QED) is 0.836. The molecule has 0 radical (unpaired) electrons. The Balaban J connectivity index is 1.86. The molecule has 1 amide bonds. The van der Waals surface area contributed by atoms with Gasteiger partial charge in [0.25, 0.3) is 0 Å². The average Bonchev–Trinajstić information content (AvgIpc) is 2.86. The van der Waals surface area contributed by atoms with Crippen molar-refractivity contribution in [2.45, 2.75) is 30.4 Å². The van der Waals surface area contributed by atoms with Gasteiger partial charge in [0.05, 0.1) is 6.42 Å². The number of amides is 1. The minimum atomic E-state index is -3.68. The Labute approximate surface area is 128 Å². The number of rotatable bonds is 5. The second kappa shape index (κ2) is 6.43. The first-order chi connectivity index (χ1) is 9.78. The molecule has 1 fully saturated rings. The molecule has 21 heavy (non-hydrogen) atoms. The molecule has 8 heteroatoms. The van der Waals surface area contributed by atoms with E-state index in [0.29, 0.717) is 11.4 Å². The van der Waals surface area contributed by atoms with Crippen molar-refractivity contribution in [1.82, 2.24) is 5.32 Å². The van der Waals surface area contributed by atoms with Crippen LogP contribution in [0.2, 0.25) is 0 Å². The van der Waals surface area contributed by atoms with Gasteiger partial charge in [-0.15, -0.1) is 11.3 Å². The maximum atomic E-state index is 11.9. The lowest BCUT2D eigenvalue weighted by Gasteiger charge is -2.33. The van der Waals surface area contributed by atoms with Crippen molar-refractivity contribution < 1.29 is 17.9 Å². The number of carbonyl (C=O) groups excluding carboxylic acids is 1. The van der Waals surface area contributed by atoms with E-state index in [-0.39, 0.29) is 22.0 Å². The van der Waals surface area contributed by atoms with E-state index in [0.717, 1.165) is 37.4 Å². The van der Waals surface area contributed by atoms with Gasteiger partial charge in [0.2, 0.25) is 15.9 Å².